The van der Waals surface area contributed by atoms with E-state index >= 15 is 0 Å². The zero-order valence-electron chi connectivity index (χ0n) is 10.5. The lowest BCUT2D eigenvalue weighted by Crippen LogP contribution is -2.14. The number of hydrogen-bond donors (Lipinski definition) is 1. The highest BCUT2D eigenvalue weighted by atomic mass is 79.9. The highest BCUT2D eigenvalue weighted by Crippen LogP contribution is 2.24. The summed E-state index contributed by atoms with van der Waals surface area (Å²) >= 11 is 4.99. The summed E-state index contributed by atoms with van der Waals surface area (Å²) in [4.78, 5) is 16.4. The average molecular weight is 347 g/mol. The number of para-hydroxylation sites is 1. The first-order valence-electron chi connectivity index (χ1n) is 6.07. The largest absolute Gasteiger partial charge is 0.324 e. The van der Waals surface area contributed by atoms with Gasteiger partial charge in [-0.2, -0.15) is 11.3 Å². The number of hydrogen-bond acceptors (Lipinski definition) is 3. The molecule has 0 saturated heterocycles. The predicted octanol–water partition coefficient (Wildman–Crippen LogP) is 4.24. The van der Waals surface area contributed by atoms with E-state index in [1.807, 2.05) is 41.1 Å². The molecule has 3 nitrogen and oxygen atoms in total. The summed E-state index contributed by atoms with van der Waals surface area (Å²) in [6.45, 7) is 0. The van der Waals surface area contributed by atoms with Gasteiger partial charge < -0.3 is 5.32 Å². The third-order valence-electron chi connectivity index (χ3n) is 2.90. The molecule has 2 aromatic heterocycles. The number of aromatic nitrogens is 1. The van der Waals surface area contributed by atoms with Crippen LogP contribution in [-0.4, -0.2) is 10.9 Å². The number of benzene rings is 1. The molecule has 0 aliphatic carbocycles. The summed E-state index contributed by atoms with van der Waals surface area (Å²) in [5.41, 5.74) is 2.58. The monoisotopic (exact) mass is 346 g/mol. The Morgan fingerprint density at radius 2 is 2.25 bits per heavy atom. The molecule has 1 amide bonds. The number of fused-ring (bicyclic) bond motifs is 1. The third-order valence-corrected chi connectivity index (χ3v) is 4.06. The fourth-order valence-corrected chi connectivity index (χ4v) is 3.03. The Bertz CT molecular complexity index is 756. The number of rotatable bonds is 3. The number of nitrogens with one attached hydrogen (secondary N) is 1. The summed E-state index contributed by atoms with van der Waals surface area (Å²) in [6.07, 6.45) is 2.12. The van der Waals surface area contributed by atoms with Crippen LogP contribution in [0.3, 0.4) is 0 Å². The van der Waals surface area contributed by atoms with Gasteiger partial charge in [-0.3, -0.25) is 9.78 Å². The van der Waals surface area contributed by atoms with Gasteiger partial charge in [-0.15, -0.1) is 0 Å². The summed E-state index contributed by atoms with van der Waals surface area (Å²) < 4.78 is 0.923. The van der Waals surface area contributed by atoms with E-state index in [0.717, 1.165) is 26.6 Å². The molecule has 0 spiro atoms. The zero-order chi connectivity index (χ0) is 13.9. The normalized spacial score (nSPS) is 10.7. The van der Waals surface area contributed by atoms with E-state index in [-0.39, 0.29) is 5.91 Å². The van der Waals surface area contributed by atoms with Crippen molar-refractivity contribution in [2.75, 3.05) is 5.32 Å². The van der Waals surface area contributed by atoms with Crippen molar-refractivity contribution in [1.29, 1.82) is 0 Å². The molecular formula is C15H11BrN2OS. The topological polar surface area (TPSA) is 42.0 Å². The van der Waals surface area contributed by atoms with Crippen molar-refractivity contribution >= 4 is 49.8 Å². The molecule has 1 aromatic carbocycles. The fourth-order valence-electron chi connectivity index (χ4n) is 2.01. The highest BCUT2D eigenvalue weighted by molar-refractivity contribution is 9.10. The van der Waals surface area contributed by atoms with Gasteiger partial charge in [0.2, 0.25) is 5.91 Å². The van der Waals surface area contributed by atoms with Gasteiger partial charge in [0.1, 0.15) is 0 Å². The molecule has 100 valence electrons. The predicted molar refractivity (Wildman–Crippen MR) is 86.1 cm³/mol. The van der Waals surface area contributed by atoms with Crippen LogP contribution < -0.4 is 5.32 Å². The van der Waals surface area contributed by atoms with E-state index in [1.165, 1.54) is 0 Å². The number of pyridine rings is 1. The molecule has 0 radical (unpaired) electrons. The highest BCUT2D eigenvalue weighted by Gasteiger charge is 2.08. The minimum absolute atomic E-state index is 0.0272. The third kappa shape index (κ3) is 2.89. The van der Waals surface area contributed by atoms with Crippen molar-refractivity contribution in [3.05, 3.63) is 57.3 Å². The first-order valence-corrected chi connectivity index (χ1v) is 7.81. The van der Waals surface area contributed by atoms with Crippen LogP contribution >= 0.6 is 27.3 Å². The molecule has 0 aliphatic heterocycles. The lowest BCUT2D eigenvalue weighted by Gasteiger charge is -2.07. The Kier molecular flexibility index (Phi) is 3.80. The van der Waals surface area contributed by atoms with Gasteiger partial charge in [-0.25, -0.2) is 0 Å². The molecule has 0 atom stereocenters. The smallest absolute Gasteiger partial charge is 0.228 e. The van der Waals surface area contributed by atoms with E-state index in [1.54, 1.807) is 17.5 Å². The molecule has 0 unspecified atom stereocenters. The Labute approximate surface area is 128 Å². The lowest BCUT2D eigenvalue weighted by atomic mass is 10.2. The van der Waals surface area contributed by atoms with Crippen molar-refractivity contribution < 1.29 is 4.79 Å². The molecule has 0 aliphatic rings. The Balaban J connectivity index is 1.85. The molecule has 0 fully saturated rings. The quantitative estimate of drug-likeness (QED) is 0.770. The summed E-state index contributed by atoms with van der Waals surface area (Å²) in [6, 6.07) is 9.70. The average Bonchev–Trinajstić information content (AvgIpc) is 2.91. The molecule has 0 bridgehead atoms. The molecule has 1 N–H and O–H groups in total. The van der Waals surface area contributed by atoms with Crippen LogP contribution in [-0.2, 0) is 11.2 Å². The maximum atomic E-state index is 12.0. The van der Waals surface area contributed by atoms with Crippen molar-refractivity contribution in [2.45, 2.75) is 6.42 Å². The van der Waals surface area contributed by atoms with Gasteiger partial charge in [0.05, 0.1) is 17.6 Å². The van der Waals surface area contributed by atoms with Crippen molar-refractivity contribution in [1.82, 2.24) is 4.98 Å². The van der Waals surface area contributed by atoms with E-state index in [2.05, 4.69) is 26.2 Å². The van der Waals surface area contributed by atoms with Crippen molar-refractivity contribution in [3.8, 4) is 0 Å². The van der Waals surface area contributed by atoms with E-state index in [9.17, 15) is 4.79 Å². The summed E-state index contributed by atoms with van der Waals surface area (Å²) in [5.74, 6) is -0.0272. The standard InChI is InChI=1S/C15H11BrN2OS/c16-12-7-11-2-1-3-13(15(11)17-8-12)18-14(19)6-10-4-5-20-9-10/h1-5,7-9H,6H2,(H,18,19). The van der Waals surface area contributed by atoms with Gasteiger partial charge in [0.15, 0.2) is 0 Å². The number of halogens is 1. The fraction of sp³-hybridized carbons (Fsp3) is 0.0667. The van der Waals surface area contributed by atoms with Crippen LogP contribution in [0.1, 0.15) is 5.56 Å². The van der Waals surface area contributed by atoms with Crippen molar-refractivity contribution in [2.24, 2.45) is 0 Å². The SMILES string of the molecule is O=C(Cc1ccsc1)Nc1cccc2cc(Br)cnc12. The van der Waals surface area contributed by atoms with Gasteiger partial charge in [-0.05, 0) is 50.5 Å². The summed E-state index contributed by atoms with van der Waals surface area (Å²) in [5, 5.41) is 7.88. The van der Waals surface area contributed by atoms with Gasteiger partial charge >= 0.3 is 0 Å². The molecular weight excluding hydrogens is 336 g/mol. The lowest BCUT2D eigenvalue weighted by molar-refractivity contribution is -0.115. The van der Waals surface area contributed by atoms with Crippen LogP contribution in [0.25, 0.3) is 10.9 Å². The van der Waals surface area contributed by atoms with Gasteiger partial charge in [0, 0.05) is 16.1 Å². The summed E-state index contributed by atoms with van der Waals surface area (Å²) in [7, 11) is 0. The minimum Gasteiger partial charge on any atom is -0.324 e. The van der Waals surface area contributed by atoms with Gasteiger partial charge in [0.25, 0.3) is 0 Å². The van der Waals surface area contributed by atoms with E-state index in [0.29, 0.717) is 6.42 Å². The number of thiophene rings is 1. The number of amides is 1. The second kappa shape index (κ2) is 5.73. The van der Waals surface area contributed by atoms with Gasteiger partial charge in [-0.1, -0.05) is 12.1 Å². The first-order chi connectivity index (χ1) is 9.72. The number of carbonyl (C=O) groups is 1. The minimum atomic E-state index is -0.0272. The van der Waals surface area contributed by atoms with Crippen LogP contribution in [0, 0.1) is 0 Å². The van der Waals surface area contributed by atoms with Crippen LogP contribution in [0.15, 0.2) is 51.8 Å². The Morgan fingerprint density at radius 3 is 3.05 bits per heavy atom. The molecule has 0 saturated carbocycles. The second-order valence-corrected chi connectivity index (χ2v) is 6.08. The molecule has 3 rings (SSSR count). The van der Waals surface area contributed by atoms with Crippen molar-refractivity contribution in [3.63, 3.8) is 0 Å². The molecule has 2 heterocycles. The second-order valence-electron chi connectivity index (χ2n) is 4.39. The molecule has 3 aromatic rings. The number of nitrogens with zero attached hydrogens (tertiary/aromatic N) is 1. The Morgan fingerprint density at radius 1 is 1.35 bits per heavy atom. The molecule has 5 heteroatoms. The maximum Gasteiger partial charge on any atom is 0.228 e. The number of anilines is 1. The number of carbonyl (C=O) groups excluding carboxylic acids is 1. The van der Waals surface area contributed by atoms with Crippen LogP contribution in [0.4, 0.5) is 5.69 Å². The first kappa shape index (κ1) is 13.3. The maximum absolute atomic E-state index is 12.0. The van der Waals surface area contributed by atoms with Crippen LogP contribution in [0.5, 0.6) is 0 Å². The van der Waals surface area contributed by atoms with E-state index < -0.39 is 0 Å². The zero-order valence-corrected chi connectivity index (χ0v) is 12.9. The van der Waals surface area contributed by atoms with E-state index in [4.69, 9.17) is 0 Å². The Hall–Kier alpha value is -1.72. The molecule has 20 heavy (non-hydrogen) atoms. The van der Waals surface area contributed by atoms with Crippen LogP contribution in [0.2, 0.25) is 0 Å².